The van der Waals surface area contributed by atoms with Crippen molar-refractivity contribution < 1.29 is 14.1 Å². The summed E-state index contributed by atoms with van der Waals surface area (Å²) in [6, 6.07) is 7.46. The number of rotatable bonds is 5. The number of nitrogens with one attached hydrogen (secondary N) is 2. The van der Waals surface area contributed by atoms with Gasteiger partial charge in [0, 0.05) is 12.3 Å². The number of carbonyl (C=O) groups excluding carboxylic acids is 1. The van der Waals surface area contributed by atoms with E-state index in [0.29, 0.717) is 17.6 Å². The molecule has 3 rings (SSSR count). The minimum atomic E-state index is -0.299. The first-order valence-corrected chi connectivity index (χ1v) is 8.21. The van der Waals surface area contributed by atoms with Crippen molar-refractivity contribution in [2.75, 3.05) is 11.9 Å². The summed E-state index contributed by atoms with van der Waals surface area (Å²) in [6.45, 7) is 5.10. The number of nitrogens with zero attached hydrogens (tertiary/aromatic N) is 2. The van der Waals surface area contributed by atoms with Gasteiger partial charge in [0.15, 0.2) is 5.82 Å². The maximum Gasteiger partial charge on any atom is 0.319 e. The first-order valence-electron chi connectivity index (χ1n) is 8.21. The molecule has 0 saturated carbocycles. The van der Waals surface area contributed by atoms with Gasteiger partial charge in [-0.1, -0.05) is 37.2 Å². The van der Waals surface area contributed by atoms with Crippen molar-refractivity contribution in [1.82, 2.24) is 15.5 Å². The maximum absolute atomic E-state index is 12.1. The Hall–Kier alpha value is -2.41. The van der Waals surface area contributed by atoms with Gasteiger partial charge < -0.3 is 19.9 Å². The summed E-state index contributed by atoms with van der Waals surface area (Å²) in [6.07, 6.45) is 1.78. The summed E-state index contributed by atoms with van der Waals surface area (Å²) < 4.78 is 10.7. The van der Waals surface area contributed by atoms with Crippen LogP contribution in [0.5, 0.6) is 0 Å². The summed E-state index contributed by atoms with van der Waals surface area (Å²) in [4.78, 5) is 16.4. The third-order valence-corrected chi connectivity index (χ3v) is 3.93. The molecule has 1 aliphatic rings. The standard InChI is InChI=1S/C17H22N4O3/c1-11(2)12-6-3-4-7-13(12)19-17(22)18-10-15-20-16(24-21-15)14-8-5-9-23-14/h3-4,6-7,11,14H,5,8-10H2,1-2H3,(H2,18,19,22)/t14-/m1/s1. The zero-order valence-corrected chi connectivity index (χ0v) is 13.9. The van der Waals surface area contributed by atoms with Crippen LogP contribution in [0.25, 0.3) is 0 Å². The lowest BCUT2D eigenvalue weighted by atomic mass is 10.0. The van der Waals surface area contributed by atoms with Gasteiger partial charge in [0.2, 0.25) is 0 Å². The topological polar surface area (TPSA) is 89.3 Å². The highest BCUT2D eigenvalue weighted by atomic mass is 16.5. The van der Waals surface area contributed by atoms with E-state index in [1.54, 1.807) is 0 Å². The Morgan fingerprint density at radius 1 is 1.38 bits per heavy atom. The number of para-hydroxylation sites is 1. The second-order valence-electron chi connectivity index (χ2n) is 6.10. The fraction of sp³-hybridized carbons (Fsp3) is 0.471. The van der Waals surface area contributed by atoms with Crippen LogP contribution < -0.4 is 10.6 Å². The van der Waals surface area contributed by atoms with Crippen LogP contribution in [0.15, 0.2) is 28.8 Å². The van der Waals surface area contributed by atoms with E-state index in [0.717, 1.165) is 30.7 Å². The van der Waals surface area contributed by atoms with Crippen LogP contribution in [0.1, 0.15) is 56.0 Å². The lowest BCUT2D eigenvalue weighted by molar-refractivity contribution is 0.0835. The average Bonchev–Trinajstić information content (AvgIpc) is 3.24. The molecule has 1 aromatic heterocycles. The van der Waals surface area contributed by atoms with Gasteiger partial charge in [-0.05, 0) is 30.4 Å². The third kappa shape index (κ3) is 3.91. The van der Waals surface area contributed by atoms with Crippen LogP contribution in [-0.4, -0.2) is 22.8 Å². The van der Waals surface area contributed by atoms with Gasteiger partial charge in [0.25, 0.3) is 5.89 Å². The van der Waals surface area contributed by atoms with Crippen LogP contribution in [-0.2, 0) is 11.3 Å². The molecule has 2 aromatic rings. The van der Waals surface area contributed by atoms with E-state index in [-0.39, 0.29) is 18.7 Å². The molecule has 0 unspecified atom stereocenters. The molecule has 2 amide bonds. The molecule has 7 heteroatoms. The molecule has 128 valence electrons. The molecule has 0 bridgehead atoms. The van der Waals surface area contributed by atoms with Gasteiger partial charge in [-0.25, -0.2) is 4.79 Å². The molecule has 1 atom stereocenters. The molecule has 1 aliphatic heterocycles. The van der Waals surface area contributed by atoms with Crippen LogP contribution in [0.3, 0.4) is 0 Å². The predicted octanol–water partition coefficient (Wildman–Crippen LogP) is 3.37. The van der Waals surface area contributed by atoms with E-state index in [9.17, 15) is 4.79 Å². The zero-order chi connectivity index (χ0) is 16.9. The van der Waals surface area contributed by atoms with Crippen molar-refractivity contribution in [2.24, 2.45) is 0 Å². The monoisotopic (exact) mass is 330 g/mol. The van der Waals surface area contributed by atoms with Crippen LogP contribution in [0.2, 0.25) is 0 Å². The van der Waals surface area contributed by atoms with Crippen molar-refractivity contribution in [3.63, 3.8) is 0 Å². The summed E-state index contributed by atoms with van der Waals surface area (Å²) in [7, 11) is 0. The van der Waals surface area contributed by atoms with E-state index in [1.807, 2.05) is 24.3 Å². The highest BCUT2D eigenvalue weighted by Crippen LogP contribution is 2.27. The summed E-state index contributed by atoms with van der Waals surface area (Å²) in [5.74, 6) is 1.25. The number of ether oxygens (including phenoxy) is 1. The van der Waals surface area contributed by atoms with Gasteiger partial charge in [-0.15, -0.1) is 0 Å². The average molecular weight is 330 g/mol. The summed E-state index contributed by atoms with van der Waals surface area (Å²) >= 11 is 0. The van der Waals surface area contributed by atoms with Crippen molar-refractivity contribution in [3.05, 3.63) is 41.5 Å². The Balaban J connectivity index is 1.54. The predicted molar refractivity (Wildman–Crippen MR) is 88.6 cm³/mol. The van der Waals surface area contributed by atoms with Crippen molar-refractivity contribution in [2.45, 2.75) is 45.3 Å². The van der Waals surface area contributed by atoms with Crippen LogP contribution in [0, 0.1) is 0 Å². The molecule has 24 heavy (non-hydrogen) atoms. The lowest BCUT2D eigenvalue weighted by Crippen LogP contribution is -2.29. The van der Waals surface area contributed by atoms with Crippen molar-refractivity contribution >= 4 is 11.7 Å². The molecular weight excluding hydrogens is 308 g/mol. The summed E-state index contributed by atoms with van der Waals surface area (Å²) in [5.41, 5.74) is 1.89. The number of urea groups is 1. The highest BCUT2D eigenvalue weighted by Gasteiger charge is 2.23. The van der Waals surface area contributed by atoms with Crippen molar-refractivity contribution in [3.8, 4) is 0 Å². The Morgan fingerprint density at radius 2 is 2.21 bits per heavy atom. The van der Waals surface area contributed by atoms with Gasteiger partial charge in [0.1, 0.15) is 6.10 Å². The number of amides is 2. The van der Waals surface area contributed by atoms with E-state index in [4.69, 9.17) is 9.26 Å². The Labute approximate surface area is 140 Å². The largest absolute Gasteiger partial charge is 0.368 e. The SMILES string of the molecule is CC(C)c1ccccc1NC(=O)NCc1noc([C@H]2CCCO2)n1. The molecule has 1 aromatic carbocycles. The number of hydrogen-bond donors (Lipinski definition) is 2. The van der Waals surface area contributed by atoms with E-state index in [2.05, 4.69) is 34.6 Å². The smallest absolute Gasteiger partial charge is 0.319 e. The van der Waals surface area contributed by atoms with Crippen molar-refractivity contribution in [1.29, 1.82) is 0 Å². The van der Waals surface area contributed by atoms with Crippen LogP contribution >= 0.6 is 0 Å². The fourth-order valence-electron chi connectivity index (χ4n) is 2.68. The molecule has 2 N–H and O–H groups in total. The molecular formula is C17H22N4O3. The lowest BCUT2D eigenvalue weighted by Gasteiger charge is -2.13. The number of carbonyl (C=O) groups is 1. The molecule has 7 nitrogen and oxygen atoms in total. The van der Waals surface area contributed by atoms with Gasteiger partial charge in [0.05, 0.1) is 6.54 Å². The second kappa shape index (κ2) is 7.44. The highest BCUT2D eigenvalue weighted by molar-refractivity contribution is 5.90. The Bertz CT molecular complexity index is 693. The number of benzene rings is 1. The third-order valence-electron chi connectivity index (χ3n) is 3.93. The number of aromatic nitrogens is 2. The normalized spacial score (nSPS) is 17.2. The Morgan fingerprint density at radius 3 is 2.96 bits per heavy atom. The van der Waals surface area contributed by atoms with E-state index >= 15 is 0 Å². The molecule has 0 spiro atoms. The molecule has 2 heterocycles. The fourth-order valence-corrected chi connectivity index (χ4v) is 2.68. The van der Waals surface area contributed by atoms with Crippen LogP contribution in [0.4, 0.5) is 10.5 Å². The second-order valence-corrected chi connectivity index (χ2v) is 6.10. The number of hydrogen-bond acceptors (Lipinski definition) is 5. The van der Waals surface area contributed by atoms with Gasteiger partial charge in [-0.3, -0.25) is 0 Å². The van der Waals surface area contributed by atoms with Gasteiger partial charge >= 0.3 is 6.03 Å². The molecule has 1 saturated heterocycles. The maximum atomic E-state index is 12.1. The quantitative estimate of drug-likeness (QED) is 0.877. The minimum Gasteiger partial charge on any atom is -0.368 e. The zero-order valence-electron chi connectivity index (χ0n) is 13.9. The van der Waals surface area contributed by atoms with E-state index < -0.39 is 0 Å². The van der Waals surface area contributed by atoms with Gasteiger partial charge in [-0.2, -0.15) is 4.98 Å². The summed E-state index contributed by atoms with van der Waals surface area (Å²) in [5, 5.41) is 9.48. The molecule has 0 radical (unpaired) electrons. The minimum absolute atomic E-state index is 0.113. The molecule has 1 fully saturated rings. The Kier molecular flexibility index (Phi) is 5.10. The first kappa shape index (κ1) is 16.4. The van der Waals surface area contributed by atoms with E-state index in [1.165, 1.54) is 0 Å². The first-order chi connectivity index (χ1) is 11.6. The molecule has 0 aliphatic carbocycles. The number of anilines is 1.